The zero-order valence-corrected chi connectivity index (χ0v) is 17.2. The zero-order chi connectivity index (χ0) is 18.5. The minimum atomic E-state index is 0. The van der Waals surface area contributed by atoms with Gasteiger partial charge in [0, 0.05) is 11.1 Å². The summed E-state index contributed by atoms with van der Waals surface area (Å²) in [5, 5.41) is 20.3. The van der Waals surface area contributed by atoms with Crippen LogP contribution < -0.4 is 11.5 Å². The van der Waals surface area contributed by atoms with E-state index in [1.807, 2.05) is 24.3 Å². The first-order valence-corrected chi connectivity index (χ1v) is 8.17. The Hall–Kier alpha value is -2.96. The molecule has 3 rings (SSSR count). The van der Waals surface area contributed by atoms with Crippen molar-refractivity contribution in [1.82, 2.24) is 0 Å². The van der Waals surface area contributed by atoms with Gasteiger partial charge in [0.15, 0.2) is 0 Å². The van der Waals surface area contributed by atoms with Gasteiger partial charge >= 0.3 is 0 Å². The Morgan fingerprint density at radius 2 is 0.929 bits per heavy atom. The third kappa shape index (κ3) is 5.06. The van der Waals surface area contributed by atoms with Gasteiger partial charge in [-0.1, -0.05) is 48.5 Å². The molecule has 0 heterocycles. The summed E-state index contributed by atoms with van der Waals surface area (Å²) in [5.41, 5.74) is 13.1. The number of hydrogen-bond donors (Lipinski definition) is 2. The molecule has 0 aromatic heterocycles. The van der Waals surface area contributed by atoms with Gasteiger partial charge in [-0.15, -0.1) is 35.0 Å². The van der Waals surface area contributed by atoms with E-state index < -0.39 is 0 Å². The number of hydrogen-bond acceptors (Lipinski definition) is 4. The van der Waals surface area contributed by atoms with Crippen molar-refractivity contribution >= 4 is 70.5 Å². The maximum absolute atomic E-state index is 5.58. The van der Waals surface area contributed by atoms with E-state index >= 15 is 0 Å². The van der Waals surface area contributed by atoms with Crippen molar-refractivity contribution < 1.29 is 0 Å². The highest BCUT2D eigenvalue weighted by Gasteiger charge is 2.11. The Labute approximate surface area is 175 Å². The van der Waals surface area contributed by atoms with Crippen LogP contribution in [0.25, 0.3) is 21.5 Å². The van der Waals surface area contributed by atoms with E-state index in [-0.39, 0.29) is 24.8 Å². The molecule has 0 fully saturated rings. The fourth-order valence-corrected chi connectivity index (χ4v) is 2.83. The molecule has 0 aliphatic carbocycles. The largest absolute Gasteiger partial charge is 0.386 e. The average Bonchev–Trinajstić information content (AvgIpc) is 2.62. The molecule has 0 amide bonds. The van der Waals surface area contributed by atoms with E-state index in [2.05, 4.69) is 44.7 Å². The van der Waals surface area contributed by atoms with Gasteiger partial charge in [-0.3, -0.25) is 0 Å². The fourth-order valence-electron chi connectivity index (χ4n) is 2.83. The van der Waals surface area contributed by atoms with Gasteiger partial charge in [-0.2, -0.15) is 10.2 Å². The summed E-state index contributed by atoms with van der Waals surface area (Å²) in [6.45, 7) is 3.40. The van der Waals surface area contributed by atoms with Crippen LogP contribution in [0.15, 0.2) is 68.9 Å². The standard InChI is InChI=1S/C20H20N6.2ClH/c1-13(21)25-23-11-19-15-7-3-5-9-17(15)20(12-24-26-14(2)22)18-10-6-4-8-16(18)19;;/h3-12H,1-2H3,(H2,21,25)(H2,22,26);2*1H. The lowest BCUT2D eigenvalue weighted by Crippen LogP contribution is -2.04. The molecule has 0 unspecified atom stereocenters. The second kappa shape index (κ2) is 10.4. The van der Waals surface area contributed by atoms with Crippen LogP contribution in [0.4, 0.5) is 0 Å². The van der Waals surface area contributed by atoms with Gasteiger partial charge in [0.2, 0.25) is 0 Å². The van der Waals surface area contributed by atoms with Crippen molar-refractivity contribution in [3.05, 3.63) is 59.7 Å². The normalized spacial score (nSPS) is 12.5. The maximum Gasteiger partial charge on any atom is 0.119 e. The fraction of sp³-hybridized carbons (Fsp3) is 0.100. The lowest BCUT2D eigenvalue weighted by molar-refractivity contribution is 1.23. The second-order valence-corrected chi connectivity index (χ2v) is 5.89. The highest BCUT2D eigenvalue weighted by Crippen LogP contribution is 2.31. The summed E-state index contributed by atoms with van der Waals surface area (Å²) in [5.74, 6) is 0.822. The molecule has 0 spiro atoms. The van der Waals surface area contributed by atoms with Gasteiger partial charge in [-0.05, 0) is 35.4 Å². The van der Waals surface area contributed by atoms with Crippen molar-refractivity contribution in [3.8, 4) is 0 Å². The zero-order valence-electron chi connectivity index (χ0n) is 15.5. The molecule has 0 saturated carbocycles. The summed E-state index contributed by atoms with van der Waals surface area (Å²) >= 11 is 0. The average molecular weight is 417 g/mol. The molecule has 0 bridgehead atoms. The molecule has 0 aliphatic rings. The molecule has 3 aromatic rings. The van der Waals surface area contributed by atoms with Crippen LogP contribution in [0, 0.1) is 0 Å². The lowest BCUT2D eigenvalue weighted by atomic mass is 9.92. The first-order chi connectivity index (χ1) is 12.6. The van der Waals surface area contributed by atoms with Crippen molar-refractivity contribution in [2.45, 2.75) is 13.8 Å². The molecule has 4 N–H and O–H groups in total. The topological polar surface area (TPSA) is 101 Å². The minimum absolute atomic E-state index is 0. The van der Waals surface area contributed by atoms with Crippen molar-refractivity contribution in [3.63, 3.8) is 0 Å². The molecule has 6 nitrogen and oxygen atoms in total. The number of amidine groups is 2. The van der Waals surface area contributed by atoms with Crippen LogP contribution in [0.3, 0.4) is 0 Å². The smallest absolute Gasteiger partial charge is 0.119 e. The van der Waals surface area contributed by atoms with Crippen LogP contribution in [0.2, 0.25) is 0 Å². The number of nitrogens with two attached hydrogens (primary N) is 2. The SMILES string of the molecule is CC(N)=NN=Cc1c2ccccc2c(C=NN=C(C)N)c2ccccc12.Cl.Cl. The van der Waals surface area contributed by atoms with Gasteiger partial charge in [0.25, 0.3) is 0 Å². The van der Waals surface area contributed by atoms with Crippen molar-refractivity contribution in [1.29, 1.82) is 0 Å². The number of fused-ring (bicyclic) bond motifs is 2. The molecule has 0 aliphatic heterocycles. The lowest BCUT2D eigenvalue weighted by Gasteiger charge is -2.11. The van der Waals surface area contributed by atoms with Gasteiger partial charge in [0.05, 0.1) is 12.4 Å². The van der Waals surface area contributed by atoms with E-state index in [4.69, 9.17) is 11.5 Å². The van der Waals surface area contributed by atoms with E-state index in [1.54, 1.807) is 26.3 Å². The highest BCUT2D eigenvalue weighted by molar-refractivity contribution is 6.21. The molecule has 0 radical (unpaired) electrons. The molecular weight excluding hydrogens is 395 g/mol. The third-order valence-electron chi connectivity index (χ3n) is 3.82. The summed E-state index contributed by atoms with van der Waals surface area (Å²) in [7, 11) is 0. The third-order valence-corrected chi connectivity index (χ3v) is 3.82. The molecule has 0 atom stereocenters. The minimum Gasteiger partial charge on any atom is -0.386 e. The highest BCUT2D eigenvalue weighted by atomic mass is 35.5. The Bertz CT molecular complexity index is 936. The number of benzene rings is 3. The number of nitrogens with zero attached hydrogens (tertiary/aromatic N) is 4. The van der Waals surface area contributed by atoms with E-state index in [1.165, 1.54) is 0 Å². The maximum atomic E-state index is 5.58. The van der Waals surface area contributed by atoms with Crippen LogP contribution in [-0.2, 0) is 0 Å². The van der Waals surface area contributed by atoms with E-state index in [9.17, 15) is 0 Å². The van der Waals surface area contributed by atoms with Gasteiger partial charge < -0.3 is 11.5 Å². The molecule has 146 valence electrons. The number of rotatable bonds is 4. The predicted octanol–water partition coefficient (Wildman–Crippen LogP) is 4.26. The van der Waals surface area contributed by atoms with Crippen LogP contribution in [-0.4, -0.2) is 24.1 Å². The Morgan fingerprint density at radius 1 is 0.643 bits per heavy atom. The Kier molecular flexibility index (Phi) is 8.57. The van der Waals surface area contributed by atoms with Crippen molar-refractivity contribution in [2.24, 2.45) is 31.9 Å². The summed E-state index contributed by atoms with van der Waals surface area (Å²) in [6, 6.07) is 16.2. The van der Waals surface area contributed by atoms with Crippen LogP contribution in [0.1, 0.15) is 25.0 Å². The molecule has 8 heteroatoms. The van der Waals surface area contributed by atoms with Crippen LogP contribution >= 0.6 is 24.8 Å². The molecule has 28 heavy (non-hydrogen) atoms. The van der Waals surface area contributed by atoms with Gasteiger partial charge in [0.1, 0.15) is 11.7 Å². The monoisotopic (exact) mass is 416 g/mol. The van der Waals surface area contributed by atoms with Crippen LogP contribution in [0.5, 0.6) is 0 Å². The van der Waals surface area contributed by atoms with E-state index in [0.29, 0.717) is 11.7 Å². The number of halogens is 2. The van der Waals surface area contributed by atoms with Gasteiger partial charge in [-0.25, -0.2) is 0 Å². The first-order valence-electron chi connectivity index (χ1n) is 8.17. The first kappa shape index (κ1) is 23.1. The second-order valence-electron chi connectivity index (χ2n) is 5.89. The van der Waals surface area contributed by atoms with E-state index in [0.717, 1.165) is 32.7 Å². The summed E-state index contributed by atoms with van der Waals surface area (Å²) in [4.78, 5) is 0. The quantitative estimate of drug-likeness (QED) is 0.287. The molecule has 3 aromatic carbocycles. The predicted molar refractivity (Wildman–Crippen MR) is 126 cm³/mol. The Balaban J connectivity index is 0.00000196. The van der Waals surface area contributed by atoms with Crippen molar-refractivity contribution in [2.75, 3.05) is 0 Å². The summed E-state index contributed by atoms with van der Waals surface area (Å²) < 4.78 is 0. The Morgan fingerprint density at radius 3 is 1.18 bits per heavy atom. The molecule has 0 saturated heterocycles. The summed E-state index contributed by atoms with van der Waals surface area (Å²) in [6.07, 6.45) is 3.48. The molecular formula is C20H22Cl2N6.